The Balaban J connectivity index is 1.34. The lowest BCUT2D eigenvalue weighted by Crippen LogP contribution is -2.31. The maximum Gasteiger partial charge on any atom is 0.303 e. The summed E-state index contributed by atoms with van der Waals surface area (Å²) in [7, 11) is 0. The van der Waals surface area contributed by atoms with Crippen molar-refractivity contribution < 1.29 is 29.3 Å². The lowest BCUT2D eigenvalue weighted by atomic mass is 10.0. The molecule has 40 heavy (non-hydrogen) atoms. The fourth-order valence-corrected chi connectivity index (χ4v) is 6.20. The molecule has 1 aliphatic rings. The van der Waals surface area contributed by atoms with Gasteiger partial charge in [-0.15, -0.1) is 10.2 Å². The number of hydrogen-bond acceptors (Lipinski definition) is 9. The van der Waals surface area contributed by atoms with Crippen LogP contribution >= 0.6 is 23.1 Å². The number of ether oxygens (including phenoxy) is 2. The number of aliphatic hydroxyl groups is 1. The van der Waals surface area contributed by atoms with Crippen LogP contribution in [0.2, 0.25) is 0 Å². The zero-order valence-electron chi connectivity index (χ0n) is 22.5. The van der Waals surface area contributed by atoms with Crippen LogP contribution in [-0.2, 0) is 32.2 Å². The molecule has 2 heterocycles. The molecule has 3 aromatic rings. The number of carbonyl (C=O) groups is 2. The van der Waals surface area contributed by atoms with Crippen LogP contribution in [0, 0.1) is 6.92 Å². The predicted molar refractivity (Wildman–Crippen MR) is 153 cm³/mol. The van der Waals surface area contributed by atoms with Gasteiger partial charge in [-0.05, 0) is 36.5 Å². The molecular formula is C29H35N3O6S2. The minimum absolute atomic E-state index is 0.00232. The summed E-state index contributed by atoms with van der Waals surface area (Å²) in [4.78, 5) is 22.7. The highest BCUT2D eigenvalue weighted by molar-refractivity contribution is 8.01. The summed E-state index contributed by atoms with van der Waals surface area (Å²) in [5, 5.41) is 30.3. The van der Waals surface area contributed by atoms with Crippen LogP contribution in [0.15, 0.2) is 52.9 Å². The van der Waals surface area contributed by atoms with Gasteiger partial charge in [0.2, 0.25) is 5.91 Å². The number of aliphatic carboxylic acids is 1. The maximum atomic E-state index is 12.1. The third-order valence-corrected chi connectivity index (χ3v) is 8.66. The first-order valence-corrected chi connectivity index (χ1v) is 15.2. The van der Waals surface area contributed by atoms with E-state index in [-0.39, 0.29) is 31.1 Å². The zero-order chi connectivity index (χ0) is 28.3. The molecule has 1 amide bonds. The number of carbonyl (C=O) groups excluding carboxylic acids is 1. The van der Waals surface area contributed by atoms with Gasteiger partial charge in [-0.3, -0.25) is 9.59 Å². The number of thioether (sulfide) groups is 1. The number of nitrogens with one attached hydrogen (secondary N) is 1. The molecule has 0 radical (unpaired) electrons. The fourth-order valence-electron chi connectivity index (χ4n) is 4.34. The number of benzene rings is 2. The van der Waals surface area contributed by atoms with Crippen LogP contribution in [-0.4, -0.2) is 44.1 Å². The molecule has 3 N–H and O–H groups in total. The van der Waals surface area contributed by atoms with Gasteiger partial charge in [-0.25, -0.2) is 0 Å². The van der Waals surface area contributed by atoms with Gasteiger partial charge in [-0.1, -0.05) is 78.1 Å². The first kappa shape index (κ1) is 30.1. The Kier molecular flexibility index (Phi) is 11.5. The average Bonchev–Trinajstić information content (AvgIpc) is 3.39. The molecule has 3 atom stereocenters. The molecule has 1 fully saturated rings. The number of amides is 1. The summed E-state index contributed by atoms with van der Waals surface area (Å²) < 4.78 is 13.7. The normalized spacial score (nSPS) is 18.9. The van der Waals surface area contributed by atoms with Crippen LogP contribution in [0.5, 0.6) is 0 Å². The second-order valence-corrected chi connectivity index (χ2v) is 12.2. The molecule has 0 spiro atoms. The number of aromatic nitrogens is 2. The van der Waals surface area contributed by atoms with E-state index in [1.807, 2.05) is 55.5 Å². The van der Waals surface area contributed by atoms with E-state index in [1.54, 1.807) is 23.1 Å². The first-order chi connectivity index (χ1) is 19.4. The Morgan fingerprint density at radius 2 is 1.68 bits per heavy atom. The molecule has 1 saturated heterocycles. The monoisotopic (exact) mass is 585 g/mol. The van der Waals surface area contributed by atoms with E-state index in [9.17, 15) is 14.7 Å². The highest BCUT2D eigenvalue weighted by Gasteiger charge is 2.32. The van der Waals surface area contributed by atoms with E-state index >= 15 is 0 Å². The van der Waals surface area contributed by atoms with Gasteiger partial charge in [0.25, 0.3) is 0 Å². The zero-order valence-corrected chi connectivity index (χ0v) is 24.1. The number of carboxylic acids is 1. The molecule has 2 aromatic carbocycles. The maximum absolute atomic E-state index is 12.1. The number of hydrogen-bond donors (Lipinski definition) is 3. The number of carboxylic acid groups (broad SMARTS) is 1. The summed E-state index contributed by atoms with van der Waals surface area (Å²) in [5.74, 6) is -0.124. The fraction of sp³-hybridized carbons (Fsp3) is 0.448. The Bertz CT molecular complexity index is 1240. The molecule has 1 aliphatic heterocycles. The third-order valence-electron chi connectivity index (χ3n) is 6.55. The van der Waals surface area contributed by atoms with E-state index in [2.05, 4.69) is 15.5 Å². The molecule has 1 aromatic heterocycles. The van der Waals surface area contributed by atoms with Crippen molar-refractivity contribution in [3.8, 4) is 0 Å². The molecule has 0 saturated carbocycles. The lowest BCUT2D eigenvalue weighted by Gasteiger charge is -2.36. The van der Waals surface area contributed by atoms with Crippen molar-refractivity contribution in [3.05, 3.63) is 75.8 Å². The smallest absolute Gasteiger partial charge is 0.303 e. The van der Waals surface area contributed by atoms with Crippen molar-refractivity contribution in [1.82, 2.24) is 15.5 Å². The number of rotatable bonds is 14. The molecule has 9 nitrogen and oxygen atoms in total. The summed E-state index contributed by atoms with van der Waals surface area (Å²) in [6, 6.07) is 15.7. The second kappa shape index (κ2) is 15.2. The topological polar surface area (TPSA) is 131 Å². The van der Waals surface area contributed by atoms with Gasteiger partial charge >= 0.3 is 5.97 Å². The van der Waals surface area contributed by atoms with Gasteiger partial charge in [0.1, 0.15) is 5.01 Å². The quantitative estimate of drug-likeness (QED) is 0.170. The largest absolute Gasteiger partial charge is 0.481 e. The van der Waals surface area contributed by atoms with Gasteiger partial charge in [0.15, 0.2) is 10.6 Å². The standard InChI is InChI=1S/C29H35N3O6S2/c1-19-31-32-29(40-19)39-18-24-15-25(22-11-9-21(17-33)10-12-22)38-28(37-24)23-13-7-20(8-14-23)16-30-26(34)5-3-2-4-6-27(35)36/h7-14,24-25,28,33H,2-6,15-18H2,1H3,(H,30,34)(H,35,36)/t24-,25+,28+/m1/s1. The lowest BCUT2D eigenvalue weighted by molar-refractivity contribution is -0.245. The molecule has 0 aliphatic carbocycles. The average molecular weight is 586 g/mol. The molecule has 0 unspecified atom stereocenters. The van der Waals surface area contributed by atoms with E-state index in [0.717, 1.165) is 43.8 Å². The van der Waals surface area contributed by atoms with Gasteiger partial charge in [-0.2, -0.15) is 0 Å². The number of unbranched alkanes of at least 4 members (excludes halogenated alkanes) is 2. The van der Waals surface area contributed by atoms with Crippen molar-refractivity contribution in [2.24, 2.45) is 0 Å². The number of aliphatic hydroxyl groups excluding tert-OH is 1. The number of nitrogens with zero attached hydrogens (tertiary/aromatic N) is 2. The minimum Gasteiger partial charge on any atom is -0.481 e. The van der Waals surface area contributed by atoms with Crippen molar-refractivity contribution in [3.63, 3.8) is 0 Å². The van der Waals surface area contributed by atoms with Crippen LogP contribution in [0.1, 0.15) is 78.2 Å². The van der Waals surface area contributed by atoms with E-state index in [1.165, 1.54) is 0 Å². The van der Waals surface area contributed by atoms with Crippen LogP contribution < -0.4 is 5.32 Å². The van der Waals surface area contributed by atoms with E-state index in [4.69, 9.17) is 14.6 Å². The van der Waals surface area contributed by atoms with Crippen LogP contribution in [0.25, 0.3) is 0 Å². The van der Waals surface area contributed by atoms with Crippen molar-refractivity contribution in [1.29, 1.82) is 0 Å². The minimum atomic E-state index is -0.804. The van der Waals surface area contributed by atoms with Crippen LogP contribution in [0.3, 0.4) is 0 Å². The van der Waals surface area contributed by atoms with E-state index < -0.39 is 12.3 Å². The van der Waals surface area contributed by atoms with Crippen molar-refractivity contribution in [2.75, 3.05) is 5.75 Å². The Hall–Kier alpha value is -2.83. The molecule has 0 bridgehead atoms. The van der Waals surface area contributed by atoms with Crippen LogP contribution in [0.4, 0.5) is 0 Å². The third kappa shape index (κ3) is 9.38. The first-order valence-electron chi connectivity index (χ1n) is 13.4. The molecule has 214 valence electrons. The summed E-state index contributed by atoms with van der Waals surface area (Å²) in [6.07, 6.45) is 2.43. The summed E-state index contributed by atoms with van der Waals surface area (Å²) >= 11 is 3.20. The Morgan fingerprint density at radius 1 is 0.975 bits per heavy atom. The number of aryl methyl sites for hydroxylation is 1. The molecule has 4 rings (SSSR count). The highest BCUT2D eigenvalue weighted by Crippen LogP contribution is 2.39. The van der Waals surface area contributed by atoms with Gasteiger partial charge < -0.3 is 25.0 Å². The van der Waals surface area contributed by atoms with Gasteiger partial charge in [0.05, 0.1) is 18.8 Å². The molecule has 11 heteroatoms. The Morgan fingerprint density at radius 3 is 2.35 bits per heavy atom. The Labute approximate surface area is 242 Å². The molecular weight excluding hydrogens is 550 g/mol. The summed E-state index contributed by atoms with van der Waals surface area (Å²) in [5.41, 5.74) is 3.75. The summed E-state index contributed by atoms with van der Waals surface area (Å²) in [6.45, 7) is 2.35. The van der Waals surface area contributed by atoms with Crippen molar-refractivity contribution >= 4 is 35.0 Å². The van der Waals surface area contributed by atoms with Crippen molar-refractivity contribution in [2.45, 2.75) is 81.4 Å². The highest BCUT2D eigenvalue weighted by atomic mass is 32.2. The second-order valence-electron chi connectivity index (χ2n) is 9.72. The van der Waals surface area contributed by atoms with Gasteiger partial charge in [0, 0.05) is 37.1 Å². The predicted octanol–water partition coefficient (Wildman–Crippen LogP) is 5.33. The SMILES string of the molecule is Cc1nnc(SC[C@H]2C[C@@H](c3ccc(CO)cc3)O[C@@H](c3ccc(CNC(=O)CCCCCC(=O)O)cc3)O2)s1. The van der Waals surface area contributed by atoms with E-state index in [0.29, 0.717) is 32.2 Å².